The van der Waals surface area contributed by atoms with Gasteiger partial charge in [0, 0.05) is 23.1 Å². The summed E-state index contributed by atoms with van der Waals surface area (Å²) in [7, 11) is -3.76. The fourth-order valence-electron chi connectivity index (χ4n) is 3.06. The molecule has 0 saturated heterocycles. The van der Waals surface area contributed by atoms with Gasteiger partial charge in [0.1, 0.15) is 11.3 Å². The summed E-state index contributed by atoms with van der Waals surface area (Å²) < 4.78 is 31.4. The lowest BCUT2D eigenvalue weighted by Gasteiger charge is -2.11. The molecule has 7 nitrogen and oxygen atoms in total. The van der Waals surface area contributed by atoms with E-state index in [-0.39, 0.29) is 15.5 Å². The van der Waals surface area contributed by atoms with Gasteiger partial charge in [0.2, 0.25) is 9.84 Å². The first kappa shape index (κ1) is 15.8. The number of benzene rings is 2. The van der Waals surface area contributed by atoms with Gasteiger partial charge in [-0.3, -0.25) is 10.1 Å². The van der Waals surface area contributed by atoms with Gasteiger partial charge in [0.15, 0.2) is 0 Å². The predicted octanol–water partition coefficient (Wildman–Crippen LogP) is 2.82. The van der Waals surface area contributed by atoms with Crippen molar-refractivity contribution in [2.75, 3.05) is 6.54 Å². The average Bonchev–Trinajstić information content (AvgIpc) is 2.99. The lowest BCUT2D eigenvalue weighted by atomic mass is 10.1. The maximum atomic E-state index is 12.8. The third kappa shape index (κ3) is 2.59. The topological polar surface area (TPSA) is 102 Å². The zero-order valence-electron chi connectivity index (χ0n) is 13.1. The van der Waals surface area contributed by atoms with Crippen LogP contribution in [0, 0.1) is 10.1 Å². The van der Waals surface area contributed by atoms with Gasteiger partial charge >= 0.3 is 0 Å². The molecule has 3 aromatic rings. The zero-order chi connectivity index (χ0) is 17.6. The van der Waals surface area contributed by atoms with Crippen LogP contribution in [0.4, 0.5) is 5.69 Å². The smallest absolute Gasteiger partial charge is 0.269 e. The number of nitro groups is 1. The van der Waals surface area contributed by atoms with Gasteiger partial charge in [-0.15, -0.1) is 0 Å². The number of nitro benzene ring substituents is 1. The predicted molar refractivity (Wildman–Crippen MR) is 90.2 cm³/mol. The van der Waals surface area contributed by atoms with Gasteiger partial charge < -0.3 is 9.73 Å². The molecule has 0 saturated carbocycles. The van der Waals surface area contributed by atoms with E-state index in [0.29, 0.717) is 12.1 Å². The largest absolute Gasteiger partial charge is 0.459 e. The molecule has 0 amide bonds. The fraction of sp³-hybridized carbons (Fsp3) is 0.176. The van der Waals surface area contributed by atoms with E-state index in [1.807, 2.05) is 0 Å². The lowest BCUT2D eigenvalue weighted by molar-refractivity contribution is -0.384. The second-order valence-corrected chi connectivity index (χ2v) is 7.79. The van der Waals surface area contributed by atoms with Crippen LogP contribution < -0.4 is 5.32 Å². The Morgan fingerprint density at radius 2 is 1.80 bits per heavy atom. The summed E-state index contributed by atoms with van der Waals surface area (Å²) in [6, 6.07) is 9.68. The Morgan fingerprint density at radius 3 is 2.52 bits per heavy atom. The van der Waals surface area contributed by atoms with Gasteiger partial charge in [-0.05, 0) is 43.3 Å². The van der Waals surface area contributed by atoms with Gasteiger partial charge in [0.25, 0.3) is 5.69 Å². The van der Waals surface area contributed by atoms with Crippen LogP contribution in [0.5, 0.6) is 0 Å². The van der Waals surface area contributed by atoms with Gasteiger partial charge in [-0.1, -0.05) is 0 Å². The van der Waals surface area contributed by atoms with Gasteiger partial charge in [-0.2, -0.15) is 0 Å². The van der Waals surface area contributed by atoms with Crippen molar-refractivity contribution < 1.29 is 17.8 Å². The Morgan fingerprint density at radius 1 is 1.08 bits per heavy atom. The van der Waals surface area contributed by atoms with Crippen molar-refractivity contribution in [1.29, 1.82) is 0 Å². The Hall–Kier alpha value is -2.71. The van der Waals surface area contributed by atoms with E-state index in [9.17, 15) is 18.5 Å². The van der Waals surface area contributed by atoms with E-state index < -0.39 is 14.8 Å². The highest BCUT2D eigenvalue weighted by atomic mass is 32.2. The van der Waals surface area contributed by atoms with Crippen molar-refractivity contribution in [2.45, 2.75) is 22.8 Å². The molecule has 1 aromatic heterocycles. The molecule has 8 heteroatoms. The van der Waals surface area contributed by atoms with E-state index in [4.69, 9.17) is 4.42 Å². The molecule has 0 spiro atoms. The molecule has 128 valence electrons. The van der Waals surface area contributed by atoms with Gasteiger partial charge in [0.05, 0.1) is 21.3 Å². The minimum Gasteiger partial charge on any atom is -0.459 e. The van der Waals surface area contributed by atoms with E-state index in [1.54, 1.807) is 12.1 Å². The SMILES string of the molecule is O=[N+]([O-])c1ccc(S(=O)(=O)c2ccc3oc4c(c3c2)CCNC4)cc1. The second-order valence-electron chi connectivity index (χ2n) is 5.84. The number of nitrogens with zero attached hydrogens (tertiary/aromatic N) is 1. The summed E-state index contributed by atoms with van der Waals surface area (Å²) in [6.07, 6.45) is 0.781. The van der Waals surface area contributed by atoms with Crippen molar-refractivity contribution in [3.63, 3.8) is 0 Å². The Labute approximate surface area is 143 Å². The molecule has 0 fully saturated rings. The summed E-state index contributed by atoms with van der Waals surface area (Å²) in [4.78, 5) is 10.3. The van der Waals surface area contributed by atoms with E-state index in [1.165, 1.54) is 30.3 Å². The summed E-state index contributed by atoms with van der Waals surface area (Å²) >= 11 is 0. The minimum absolute atomic E-state index is 0.0245. The van der Waals surface area contributed by atoms with E-state index in [2.05, 4.69) is 5.32 Å². The molecule has 1 aliphatic rings. The zero-order valence-corrected chi connectivity index (χ0v) is 13.9. The highest BCUT2D eigenvalue weighted by Crippen LogP contribution is 2.32. The number of fused-ring (bicyclic) bond motifs is 3. The normalized spacial score (nSPS) is 14.4. The van der Waals surface area contributed by atoms with Crippen LogP contribution in [0.1, 0.15) is 11.3 Å². The van der Waals surface area contributed by atoms with Crippen LogP contribution in [0.2, 0.25) is 0 Å². The van der Waals surface area contributed by atoms with Crippen LogP contribution in [-0.4, -0.2) is 19.9 Å². The molecule has 2 heterocycles. The molecule has 0 atom stereocenters. The molecule has 0 aliphatic carbocycles. The average molecular weight is 358 g/mol. The number of furan rings is 1. The number of hydrogen-bond donors (Lipinski definition) is 1. The summed E-state index contributed by atoms with van der Waals surface area (Å²) in [5.74, 6) is 0.839. The van der Waals surface area contributed by atoms with Crippen molar-refractivity contribution >= 4 is 26.5 Å². The number of non-ortho nitro benzene ring substituents is 1. The van der Waals surface area contributed by atoms with Crippen LogP contribution in [-0.2, 0) is 22.8 Å². The number of sulfone groups is 1. The van der Waals surface area contributed by atoms with Crippen molar-refractivity contribution in [3.05, 3.63) is 63.9 Å². The quantitative estimate of drug-likeness (QED) is 0.570. The van der Waals surface area contributed by atoms with Crippen molar-refractivity contribution in [3.8, 4) is 0 Å². The highest BCUT2D eigenvalue weighted by molar-refractivity contribution is 7.91. The summed E-state index contributed by atoms with van der Waals surface area (Å²) in [5, 5.41) is 14.8. The minimum atomic E-state index is -3.76. The number of hydrogen-bond acceptors (Lipinski definition) is 6. The second kappa shape index (κ2) is 5.68. The Kier molecular flexibility index (Phi) is 3.59. The standard InChI is InChI=1S/C17H14N2O5S/c20-19(21)11-1-3-12(4-2-11)25(22,23)13-5-6-16-15(9-13)14-7-8-18-10-17(14)24-16/h1-6,9,18H,7-8,10H2. The summed E-state index contributed by atoms with van der Waals surface area (Å²) in [6.45, 7) is 1.45. The number of nitrogens with one attached hydrogen (secondary N) is 1. The fourth-order valence-corrected chi connectivity index (χ4v) is 4.35. The molecular formula is C17H14N2O5S. The molecule has 1 N–H and O–H groups in total. The lowest BCUT2D eigenvalue weighted by Crippen LogP contribution is -2.22. The van der Waals surface area contributed by atoms with Crippen LogP contribution in [0.15, 0.2) is 56.7 Å². The number of rotatable bonds is 3. The molecule has 4 rings (SSSR count). The van der Waals surface area contributed by atoms with Crippen molar-refractivity contribution in [1.82, 2.24) is 5.32 Å². The van der Waals surface area contributed by atoms with Crippen LogP contribution in [0.25, 0.3) is 11.0 Å². The first-order valence-electron chi connectivity index (χ1n) is 7.71. The van der Waals surface area contributed by atoms with E-state index in [0.717, 1.165) is 29.7 Å². The highest BCUT2D eigenvalue weighted by Gasteiger charge is 2.23. The maximum Gasteiger partial charge on any atom is 0.269 e. The molecule has 1 aliphatic heterocycles. The molecule has 0 radical (unpaired) electrons. The maximum absolute atomic E-state index is 12.8. The Bertz CT molecular complexity index is 1080. The van der Waals surface area contributed by atoms with Crippen LogP contribution in [0.3, 0.4) is 0 Å². The van der Waals surface area contributed by atoms with Crippen molar-refractivity contribution in [2.24, 2.45) is 0 Å². The molecule has 0 unspecified atom stereocenters. The summed E-state index contributed by atoms with van der Waals surface area (Å²) in [5.41, 5.74) is 1.55. The third-order valence-corrected chi connectivity index (χ3v) is 6.12. The molecule has 0 bridgehead atoms. The monoisotopic (exact) mass is 358 g/mol. The first-order chi connectivity index (χ1) is 12.0. The first-order valence-corrected chi connectivity index (χ1v) is 9.20. The molecule has 25 heavy (non-hydrogen) atoms. The third-order valence-electron chi connectivity index (χ3n) is 4.35. The van der Waals surface area contributed by atoms with Crippen LogP contribution >= 0.6 is 0 Å². The molecular weight excluding hydrogens is 344 g/mol. The van der Waals surface area contributed by atoms with Gasteiger partial charge in [-0.25, -0.2) is 8.42 Å². The van der Waals surface area contributed by atoms with E-state index >= 15 is 0 Å². The molecule has 2 aromatic carbocycles. The Balaban J connectivity index is 1.81.